The second kappa shape index (κ2) is 5.43. The van der Waals surface area contributed by atoms with Crippen molar-refractivity contribution in [1.29, 1.82) is 0 Å². The summed E-state index contributed by atoms with van der Waals surface area (Å²) in [6.45, 7) is 3.23. The molecule has 0 bridgehead atoms. The zero-order chi connectivity index (χ0) is 18.1. The Kier molecular flexibility index (Phi) is 3.36. The Hall–Kier alpha value is -2.13. The van der Waals surface area contributed by atoms with Crippen molar-refractivity contribution in [2.24, 2.45) is 11.0 Å². The summed E-state index contributed by atoms with van der Waals surface area (Å²) < 4.78 is 7.48. The Morgan fingerprint density at radius 2 is 2.15 bits per heavy atom. The molecule has 1 saturated carbocycles. The number of fused-ring (bicyclic) bond motifs is 6. The second-order valence-electron chi connectivity index (χ2n) is 7.63. The van der Waals surface area contributed by atoms with Crippen molar-refractivity contribution in [1.82, 2.24) is 25.1 Å². The Morgan fingerprint density at radius 1 is 1.35 bits per heavy atom. The van der Waals surface area contributed by atoms with Gasteiger partial charge in [0.2, 0.25) is 16.9 Å². The maximum atomic E-state index is 10.1. The number of nitrogens with zero attached hydrogens (tertiary/aromatic N) is 6. The van der Waals surface area contributed by atoms with Crippen molar-refractivity contribution in [3.63, 3.8) is 0 Å². The van der Waals surface area contributed by atoms with Gasteiger partial charge < -0.3 is 9.63 Å². The Balaban J connectivity index is 1.58. The van der Waals surface area contributed by atoms with Gasteiger partial charge in [-0.25, -0.2) is 4.98 Å². The van der Waals surface area contributed by atoms with E-state index in [4.69, 9.17) is 16.1 Å². The molecule has 0 spiro atoms. The molecule has 9 nitrogen and oxygen atoms in total. The number of hydrazone groups is 1. The molecule has 1 fully saturated rings. The molecule has 3 atom stereocenters. The van der Waals surface area contributed by atoms with Crippen LogP contribution < -0.4 is 10.3 Å². The predicted octanol–water partition coefficient (Wildman–Crippen LogP) is 1.99. The summed E-state index contributed by atoms with van der Waals surface area (Å²) in [5.41, 5.74) is 2.06. The van der Waals surface area contributed by atoms with E-state index in [1.54, 1.807) is 20.0 Å². The van der Waals surface area contributed by atoms with Crippen LogP contribution in [0.25, 0.3) is 0 Å². The van der Waals surface area contributed by atoms with E-state index in [2.05, 4.69) is 30.2 Å². The molecule has 3 aliphatic rings. The number of nitrogens with one attached hydrogen (secondary N) is 1. The number of hydrogen-bond acceptors (Lipinski definition) is 8. The molecule has 0 saturated heterocycles. The van der Waals surface area contributed by atoms with Gasteiger partial charge in [0.25, 0.3) is 5.89 Å². The molecular formula is C16H20ClN7O2. The van der Waals surface area contributed by atoms with Gasteiger partial charge in [0.05, 0.1) is 6.20 Å². The van der Waals surface area contributed by atoms with Gasteiger partial charge in [-0.1, -0.05) is 18.0 Å². The highest BCUT2D eigenvalue weighted by Gasteiger charge is 2.48. The molecule has 4 heterocycles. The summed E-state index contributed by atoms with van der Waals surface area (Å²) in [5, 5.41) is 19.0. The van der Waals surface area contributed by atoms with Gasteiger partial charge in [0, 0.05) is 12.0 Å². The van der Waals surface area contributed by atoms with Crippen LogP contribution in [0.1, 0.15) is 57.3 Å². The fourth-order valence-electron chi connectivity index (χ4n) is 4.27. The molecule has 2 N–H and O–H groups in total. The summed E-state index contributed by atoms with van der Waals surface area (Å²) >= 11 is 6.41. The van der Waals surface area contributed by atoms with Gasteiger partial charge >= 0.3 is 0 Å². The van der Waals surface area contributed by atoms with Crippen LogP contribution in [0.2, 0.25) is 5.28 Å². The zero-order valence-corrected chi connectivity index (χ0v) is 15.3. The minimum Gasteiger partial charge on any atom is -0.382 e. The second-order valence-corrected chi connectivity index (χ2v) is 7.97. The summed E-state index contributed by atoms with van der Waals surface area (Å²) in [6.07, 6.45) is 6.32. The van der Waals surface area contributed by atoms with Crippen LogP contribution >= 0.6 is 11.6 Å². The van der Waals surface area contributed by atoms with Gasteiger partial charge in [-0.15, -0.1) is 0 Å². The molecule has 26 heavy (non-hydrogen) atoms. The van der Waals surface area contributed by atoms with Crippen LogP contribution in [0.15, 0.2) is 15.8 Å². The maximum Gasteiger partial charge on any atom is 0.295 e. The minimum atomic E-state index is -1.19. The van der Waals surface area contributed by atoms with Crippen molar-refractivity contribution >= 4 is 23.3 Å². The normalized spacial score (nSPS) is 27.5. The zero-order valence-electron chi connectivity index (χ0n) is 14.6. The van der Waals surface area contributed by atoms with Crippen LogP contribution in [0.4, 0.5) is 5.82 Å². The lowest BCUT2D eigenvalue weighted by molar-refractivity contribution is 0.0661. The number of imidazole rings is 1. The molecule has 3 unspecified atom stereocenters. The van der Waals surface area contributed by atoms with Gasteiger partial charge in [-0.05, 0) is 38.3 Å². The molecule has 2 aliphatic heterocycles. The van der Waals surface area contributed by atoms with E-state index in [-0.39, 0.29) is 17.9 Å². The molecule has 138 valence electrons. The lowest BCUT2D eigenvalue weighted by Crippen LogP contribution is -2.53. The summed E-state index contributed by atoms with van der Waals surface area (Å²) in [6, 6.07) is 0.312. The molecule has 10 heteroatoms. The van der Waals surface area contributed by atoms with Gasteiger partial charge in [-0.3, -0.25) is 14.9 Å². The lowest BCUT2D eigenvalue weighted by atomic mass is 9.80. The van der Waals surface area contributed by atoms with E-state index < -0.39 is 5.60 Å². The molecule has 2 aromatic heterocycles. The quantitative estimate of drug-likeness (QED) is 0.824. The number of anilines is 1. The SMILES string of the molecule is CC(C)(O)c1noc(C2=NNC3C4CCCCC4n4c(cnc4Cl)N23)n1. The average molecular weight is 378 g/mol. The molecular weight excluding hydrogens is 358 g/mol. The Labute approximate surface area is 155 Å². The van der Waals surface area contributed by atoms with Crippen LogP contribution in [0, 0.1) is 5.92 Å². The molecule has 0 radical (unpaired) electrons. The Bertz CT molecular complexity index is 884. The number of amidine groups is 1. The standard InChI is InChI=1S/C16H20ClN7O2/c1-16(2,25)14-19-13(26-22-14)12-21-20-11-8-5-3-4-6-9(8)23-10(24(11)12)7-18-15(23)17/h7-9,11,20,25H,3-6H2,1-2H3. The number of hydrogen-bond donors (Lipinski definition) is 2. The van der Waals surface area contributed by atoms with Crippen molar-refractivity contribution in [3.8, 4) is 0 Å². The molecule has 0 amide bonds. The van der Waals surface area contributed by atoms with E-state index >= 15 is 0 Å². The van der Waals surface area contributed by atoms with Gasteiger partial charge in [0.1, 0.15) is 17.6 Å². The van der Waals surface area contributed by atoms with Crippen molar-refractivity contribution in [3.05, 3.63) is 23.2 Å². The number of rotatable bonds is 2. The predicted molar refractivity (Wildman–Crippen MR) is 93.7 cm³/mol. The van der Waals surface area contributed by atoms with E-state index in [9.17, 15) is 5.11 Å². The van der Waals surface area contributed by atoms with Crippen LogP contribution in [-0.4, -0.2) is 36.8 Å². The molecule has 1 aliphatic carbocycles. The molecule has 0 aromatic carbocycles. The number of aliphatic hydroxyl groups is 1. The van der Waals surface area contributed by atoms with Crippen LogP contribution in [-0.2, 0) is 5.60 Å². The first-order valence-electron chi connectivity index (χ1n) is 8.87. The van der Waals surface area contributed by atoms with Gasteiger partial charge in [0.15, 0.2) is 0 Å². The van der Waals surface area contributed by atoms with E-state index in [1.165, 1.54) is 12.8 Å². The van der Waals surface area contributed by atoms with Crippen LogP contribution in [0.5, 0.6) is 0 Å². The van der Waals surface area contributed by atoms with Crippen LogP contribution in [0.3, 0.4) is 0 Å². The maximum absolute atomic E-state index is 10.1. The first-order chi connectivity index (χ1) is 12.4. The number of aromatic nitrogens is 4. The van der Waals surface area contributed by atoms with Crippen molar-refractivity contribution in [2.75, 3.05) is 4.90 Å². The van der Waals surface area contributed by atoms with Crippen molar-refractivity contribution in [2.45, 2.75) is 57.3 Å². The highest BCUT2D eigenvalue weighted by atomic mass is 35.5. The fourth-order valence-corrected chi connectivity index (χ4v) is 4.53. The summed E-state index contributed by atoms with van der Waals surface area (Å²) in [7, 11) is 0. The smallest absolute Gasteiger partial charge is 0.295 e. The van der Waals surface area contributed by atoms with Gasteiger partial charge in [-0.2, -0.15) is 10.1 Å². The van der Waals surface area contributed by atoms with E-state index in [0.29, 0.717) is 23.1 Å². The molecule has 5 rings (SSSR count). The monoisotopic (exact) mass is 377 g/mol. The largest absolute Gasteiger partial charge is 0.382 e. The summed E-state index contributed by atoms with van der Waals surface area (Å²) in [4.78, 5) is 10.7. The average Bonchev–Trinajstić information content (AvgIpc) is 3.31. The third kappa shape index (κ3) is 2.20. The third-order valence-electron chi connectivity index (χ3n) is 5.47. The Morgan fingerprint density at radius 3 is 2.92 bits per heavy atom. The third-order valence-corrected chi connectivity index (χ3v) is 5.75. The highest BCUT2D eigenvalue weighted by molar-refractivity contribution is 6.28. The lowest BCUT2D eigenvalue weighted by Gasteiger charge is -2.45. The first-order valence-corrected chi connectivity index (χ1v) is 9.25. The number of halogens is 1. The topological polar surface area (TPSA) is 105 Å². The fraction of sp³-hybridized carbons (Fsp3) is 0.625. The first kappa shape index (κ1) is 16.1. The van der Waals surface area contributed by atoms with E-state index in [0.717, 1.165) is 18.7 Å². The highest BCUT2D eigenvalue weighted by Crippen LogP contribution is 2.47. The minimum absolute atomic E-state index is 0.00746. The molecule has 2 aromatic rings. The van der Waals surface area contributed by atoms with Crippen molar-refractivity contribution < 1.29 is 9.63 Å². The van der Waals surface area contributed by atoms with E-state index in [1.807, 2.05) is 4.90 Å². The summed E-state index contributed by atoms with van der Waals surface area (Å²) in [5.74, 6) is 2.24.